The molecule has 0 radical (unpaired) electrons. The molecular weight excluding hydrogens is 186 g/mol. The molecule has 15 heavy (non-hydrogen) atoms. The molecule has 0 aromatic carbocycles. The zero-order valence-electron chi connectivity index (χ0n) is 10.1. The molecule has 0 aliphatic rings. The van der Waals surface area contributed by atoms with Gasteiger partial charge in [-0.05, 0) is 40.0 Å². The third-order valence-corrected chi connectivity index (χ3v) is 2.06. The van der Waals surface area contributed by atoms with Crippen LogP contribution >= 0.6 is 0 Å². The molecule has 0 fully saturated rings. The number of nitrogens with zero attached hydrogens (tertiary/aromatic N) is 2. The van der Waals surface area contributed by atoms with Gasteiger partial charge in [-0.3, -0.25) is 9.88 Å². The fourth-order valence-electron chi connectivity index (χ4n) is 1.72. The molecule has 0 saturated carbocycles. The highest BCUT2D eigenvalue weighted by Crippen LogP contribution is 2.05. The maximum atomic E-state index is 5.96. The van der Waals surface area contributed by atoms with Crippen LogP contribution in [0.2, 0.25) is 0 Å². The van der Waals surface area contributed by atoms with Crippen molar-refractivity contribution in [2.24, 2.45) is 5.73 Å². The van der Waals surface area contributed by atoms with Crippen LogP contribution in [0, 0.1) is 6.92 Å². The van der Waals surface area contributed by atoms with E-state index in [1.807, 2.05) is 39.0 Å². The fourth-order valence-corrected chi connectivity index (χ4v) is 1.72. The van der Waals surface area contributed by atoms with Crippen LogP contribution in [0.5, 0.6) is 0 Å². The van der Waals surface area contributed by atoms with Crippen molar-refractivity contribution in [1.82, 2.24) is 9.88 Å². The number of pyridine rings is 1. The number of hydrogen-bond acceptors (Lipinski definition) is 3. The predicted octanol–water partition coefficient (Wildman–Crippen LogP) is 1.56. The Bertz CT molecular complexity index is 315. The summed E-state index contributed by atoms with van der Waals surface area (Å²) in [6.45, 7) is 7.79. The van der Waals surface area contributed by atoms with Crippen molar-refractivity contribution in [3.05, 3.63) is 29.6 Å². The van der Waals surface area contributed by atoms with Crippen molar-refractivity contribution in [1.29, 1.82) is 0 Å². The highest BCUT2D eigenvalue weighted by Gasteiger charge is 2.14. The van der Waals surface area contributed by atoms with Gasteiger partial charge in [-0.25, -0.2) is 0 Å². The minimum absolute atomic E-state index is 0.154. The van der Waals surface area contributed by atoms with Gasteiger partial charge in [-0.1, -0.05) is 6.07 Å². The summed E-state index contributed by atoms with van der Waals surface area (Å²) in [5, 5.41) is 0. The molecule has 1 heterocycles. The molecule has 2 N–H and O–H groups in total. The quantitative estimate of drug-likeness (QED) is 0.814. The normalized spacial score (nSPS) is 12.1. The zero-order valence-corrected chi connectivity index (χ0v) is 10.1. The van der Waals surface area contributed by atoms with Crippen molar-refractivity contribution < 1.29 is 0 Å². The van der Waals surface area contributed by atoms with Crippen molar-refractivity contribution in [2.45, 2.75) is 32.9 Å². The van der Waals surface area contributed by atoms with E-state index in [4.69, 9.17) is 5.73 Å². The van der Waals surface area contributed by atoms with Crippen LogP contribution in [0.25, 0.3) is 0 Å². The summed E-state index contributed by atoms with van der Waals surface area (Å²) in [5.74, 6) is 0. The molecule has 0 aliphatic heterocycles. The molecule has 0 amide bonds. The minimum Gasteiger partial charge on any atom is -0.324 e. The molecule has 0 aliphatic carbocycles. The van der Waals surface area contributed by atoms with Gasteiger partial charge in [0.15, 0.2) is 0 Å². The van der Waals surface area contributed by atoms with Gasteiger partial charge in [0.1, 0.15) is 0 Å². The highest BCUT2D eigenvalue weighted by molar-refractivity contribution is 5.09. The van der Waals surface area contributed by atoms with Crippen molar-refractivity contribution in [3.63, 3.8) is 0 Å². The lowest BCUT2D eigenvalue weighted by atomic mass is 10.1. The summed E-state index contributed by atoms with van der Waals surface area (Å²) in [6.07, 6.45) is 0. The minimum atomic E-state index is -0.154. The Labute approximate surface area is 92.3 Å². The molecule has 0 saturated heterocycles. The summed E-state index contributed by atoms with van der Waals surface area (Å²) in [6, 6.07) is 6.10. The lowest BCUT2D eigenvalue weighted by Gasteiger charge is -2.26. The maximum Gasteiger partial charge on any atom is 0.0547 e. The molecule has 0 spiro atoms. The highest BCUT2D eigenvalue weighted by atomic mass is 15.1. The standard InChI is InChI=1S/C12H21N3/c1-10-6-5-7-11(14-10)8-15(4)9-12(2,3)13/h5-7H,8-9,13H2,1-4H3. The summed E-state index contributed by atoms with van der Waals surface area (Å²) >= 11 is 0. The largest absolute Gasteiger partial charge is 0.324 e. The lowest BCUT2D eigenvalue weighted by Crippen LogP contribution is -2.43. The number of hydrogen-bond donors (Lipinski definition) is 1. The van der Waals surface area contributed by atoms with E-state index in [0.29, 0.717) is 0 Å². The Morgan fingerprint density at radius 2 is 2.07 bits per heavy atom. The van der Waals surface area contributed by atoms with Crippen molar-refractivity contribution in [3.8, 4) is 0 Å². The fraction of sp³-hybridized carbons (Fsp3) is 0.583. The van der Waals surface area contributed by atoms with Gasteiger partial charge < -0.3 is 5.73 Å². The zero-order chi connectivity index (χ0) is 11.5. The molecule has 0 unspecified atom stereocenters. The van der Waals surface area contributed by atoms with E-state index in [9.17, 15) is 0 Å². The van der Waals surface area contributed by atoms with E-state index in [1.165, 1.54) is 0 Å². The molecule has 1 rings (SSSR count). The molecule has 84 valence electrons. The van der Waals surface area contributed by atoms with Gasteiger partial charge in [-0.15, -0.1) is 0 Å². The third kappa shape index (κ3) is 4.91. The first-order valence-corrected chi connectivity index (χ1v) is 5.27. The first-order valence-electron chi connectivity index (χ1n) is 5.27. The van der Waals surface area contributed by atoms with E-state index < -0.39 is 0 Å². The molecule has 3 heteroatoms. The van der Waals surface area contributed by atoms with E-state index >= 15 is 0 Å². The maximum absolute atomic E-state index is 5.96. The second-order valence-electron chi connectivity index (χ2n) is 4.93. The number of likely N-dealkylation sites (N-methyl/N-ethyl adjacent to an activating group) is 1. The Morgan fingerprint density at radius 1 is 1.40 bits per heavy atom. The lowest BCUT2D eigenvalue weighted by molar-refractivity contribution is 0.260. The molecular formula is C12H21N3. The van der Waals surface area contributed by atoms with Crippen LogP contribution < -0.4 is 5.73 Å². The second kappa shape index (κ2) is 4.73. The first kappa shape index (κ1) is 12.1. The molecule has 1 aromatic rings. The summed E-state index contributed by atoms with van der Waals surface area (Å²) in [4.78, 5) is 6.66. The molecule has 3 nitrogen and oxygen atoms in total. The summed E-state index contributed by atoms with van der Waals surface area (Å²) in [7, 11) is 2.07. The Hall–Kier alpha value is -0.930. The summed E-state index contributed by atoms with van der Waals surface area (Å²) < 4.78 is 0. The van der Waals surface area contributed by atoms with Gasteiger partial charge in [-0.2, -0.15) is 0 Å². The SMILES string of the molecule is Cc1cccc(CN(C)CC(C)(C)N)n1. The topological polar surface area (TPSA) is 42.1 Å². The van der Waals surface area contributed by atoms with E-state index in [1.54, 1.807) is 0 Å². The van der Waals surface area contributed by atoms with E-state index in [2.05, 4.69) is 16.9 Å². The number of aryl methyl sites for hydroxylation is 1. The van der Waals surface area contributed by atoms with Gasteiger partial charge in [0.2, 0.25) is 0 Å². The number of rotatable bonds is 4. The van der Waals surface area contributed by atoms with E-state index in [-0.39, 0.29) is 5.54 Å². The Balaban J connectivity index is 2.55. The average molecular weight is 207 g/mol. The molecule has 0 bridgehead atoms. The van der Waals surface area contributed by atoms with Crippen LogP contribution in [0.15, 0.2) is 18.2 Å². The average Bonchev–Trinajstić information content (AvgIpc) is 1.99. The predicted molar refractivity (Wildman–Crippen MR) is 63.6 cm³/mol. The van der Waals surface area contributed by atoms with E-state index in [0.717, 1.165) is 24.5 Å². The number of nitrogens with two attached hydrogens (primary N) is 1. The Morgan fingerprint density at radius 3 is 2.60 bits per heavy atom. The third-order valence-electron chi connectivity index (χ3n) is 2.06. The number of aromatic nitrogens is 1. The molecule has 0 atom stereocenters. The smallest absolute Gasteiger partial charge is 0.0547 e. The van der Waals surface area contributed by atoms with Crippen LogP contribution in [-0.4, -0.2) is 29.0 Å². The molecule has 1 aromatic heterocycles. The van der Waals surface area contributed by atoms with Crippen molar-refractivity contribution >= 4 is 0 Å². The van der Waals surface area contributed by atoms with Crippen LogP contribution in [0.4, 0.5) is 0 Å². The monoisotopic (exact) mass is 207 g/mol. The van der Waals surface area contributed by atoms with Gasteiger partial charge in [0.25, 0.3) is 0 Å². The van der Waals surface area contributed by atoms with Crippen LogP contribution in [0.3, 0.4) is 0 Å². The van der Waals surface area contributed by atoms with Crippen molar-refractivity contribution in [2.75, 3.05) is 13.6 Å². The second-order valence-corrected chi connectivity index (χ2v) is 4.93. The van der Waals surface area contributed by atoms with Crippen LogP contribution in [0.1, 0.15) is 25.2 Å². The van der Waals surface area contributed by atoms with Gasteiger partial charge >= 0.3 is 0 Å². The first-order chi connectivity index (χ1) is 6.87. The van der Waals surface area contributed by atoms with Gasteiger partial charge in [0.05, 0.1) is 5.69 Å². The Kier molecular flexibility index (Phi) is 3.83. The van der Waals surface area contributed by atoms with Gasteiger partial charge in [0, 0.05) is 24.3 Å². The summed E-state index contributed by atoms with van der Waals surface area (Å²) in [5.41, 5.74) is 7.97. The van der Waals surface area contributed by atoms with Crippen LogP contribution in [-0.2, 0) is 6.54 Å².